The van der Waals surface area contributed by atoms with Crippen LogP contribution in [0.2, 0.25) is 0 Å². The molecule has 6 heteroatoms. The van der Waals surface area contributed by atoms with Crippen LogP contribution in [0.15, 0.2) is 12.3 Å². The molecule has 0 saturated carbocycles. The van der Waals surface area contributed by atoms with Gasteiger partial charge in [0.2, 0.25) is 0 Å². The number of nitrogens with one attached hydrogen (secondary N) is 1. The van der Waals surface area contributed by atoms with Crippen LogP contribution >= 0.6 is 11.3 Å². The molecule has 0 saturated heterocycles. The van der Waals surface area contributed by atoms with Crippen molar-refractivity contribution in [3.8, 4) is 0 Å². The Morgan fingerprint density at radius 1 is 1.36 bits per heavy atom. The van der Waals surface area contributed by atoms with Gasteiger partial charge in [-0.3, -0.25) is 9.59 Å². The first-order valence-electron chi connectivity index (χ1n) is 7.10. The lowest BCUT2D eigenvalue weighted by Gasteiger charge is -2.25. The van der Waals surface area contributed by atoms with Gasteiger partial charge in [0.05, 0.1) is 4.88 Å². The second-order valence-corrected chi connectivity index (χ2v) is 7.10. The number of nitrogens with zero attached hydrogens (tertiary/aromatic N) is 1. The third-order valence-electron chi connectivity index (χ3n) is 3.66. The number of rotatable bonds is 5. The van der Waals surface area contributed by atoms with Gasteiger partial charge in [0.15, 0.2) is 0 Å². The lowest BCUT2D eigenvalue weighted by atomic mass is 9.98. The van der Waals surface area contributed by atoms with Crippen molar-refractivity contribution >= 4 is 33.4 Å². The zero-order valence-electron chi connectivity index (χ0n) is 13.2. The molecular formula is C16H20N2O3S. The number of carbonyl (C=O) groups excluding carboxylic acids is 1. The molecule has 0 spiro atoms. The van der Waals surface area contributed by atoms with Crippen LogP contribution in [0.4, 0.5) is 0 Å². The summed E-state index contributed by atoms with van der Waals surface area (Å²) in [4.78, 5) is 29.0. The van der Waals surface area contributed by atoms with Crippen molar-refractivity contribution in [1.82, 2.24) is 10.3 Å². The largest absolute Gasteiger partial charge is 0.481 e. The van der Waals surface area contributed by atoms with E-state index < -0.39 is 11.5 Å². The molecule has 2 heterocycles. The average Bonchev–Trinajstić information content (AvgIpc) is 2.75. The van der Waals surface area contributed by atoms with Crippen molar-refractivity contribution in [3.05, 3.63) is 28.3 Å². The Hall–Kier alpha value is -1.95. The monoisotopic (exact) mass is 320 g/mol. The Morgan fingerprint density at radius 3 is 2.64 bits per heavy atom. The molecule has 0 radical (unpaired) electrons. The van der Waals surface area contributed by atoms with Gasteiger partial charge < -0.3 is 10.4 Å². The molecular weight excluding hydrogens is 300 g/mol. The molecule has 2 rings (SSSR count). The summed E-state index contributed by atoms with van der Waals surface area (Å²) < 4.78 is 0. The normalized spacial score (nSPS) is 11.6. The van der Waals surface area contributed by atoms with Crippen LogP contribution in [-0.4, -0.2) is 27.5 Å². The first kappa shape index (κ1) is 16.4. The zero-order chi connectivity index (χ0) is 16.5. The Morgan fingerprint density at radius 2 is 2.05 bits per heavy atom. The number of carbonyl (C=O) groups is 2. The van der Waals surface area contributed by atoms with E-state index >= 15 is 0 Å². The van der Waals surface area contributed by atoms with E-state index in [2.05, 4.69) is 10.3 Å². The molecule has 0 aromatic carbocycles. The van der Waals surface area contributed by atoms with E-state index in [1.165, 1.54) is 11.3 Å². The van der Waals surface area contributed by atoms with Gasteiger partial charge in [0, 0.05) is 23.5 Å². The zero-order valence-corrected chi connectivity index (χ0v) is 14.0. The topological polar surface area (TPSA) is 79.3 Å². The third-order valence-corrected chi connectivity index (χ3v) is 4.86. The number of hydrogen-bond donors (Lipinski definition) is 2. The highest BCUT2D eigenvalue weighted by molar-refractivity contribution is 7.20. The maximum atomic E-state index is 12.5. The lowest BCUT2D eigenvalue weighted by molar-refractivity contribution is -0.137. The Labute approximate surface area is 133 Å². The van der Waals surface area contributed by atoms with Crippen molar-refractivity contribution in [1.29, 1.82) is 0 Å². The minimum atomic E-state index is -0.861. The number of aliphatic carboxylic acids is 1. The standard InChI is InChI=1S/C16H20N2O3S/c1-9-6-8-17-15-12(9)10(2)13(22-15)14(21)18-16(3,4)7-5-11(19)20/h6,8H,5,7H2,1-4H3,(H,18,21)(H,19,20). The molecule has 22 heavy (non-hydrogen) atoms. The number of aromatic nitrogens is 1. The number of pyridine rings is 1. The number of aryl methyl sites for hydroxylation is 2. The summed E-state index contributed by atoms with van der Waals surface area (Å²) in [5, 5.41) is 12.7. The molecule has 118 valence electrons. The fourth-order valence-electron chi connectivity index (χ4n) is 2.42. The van der Waals surface area contributed by atoms with Gasteiger partial charge in [-0.1, -0.05) is 0 Å². The number of carboxylic acids is 1. The number of amides is 1. The van der Waals surface area contributed by atoms with E-state index in [1.54, 1.807) is 6.20 Å². The van der Waals surface area contributed by atoms with Crippen molar-refractivity contribution in [2.75, 3.05) is 0 Å². The van der Waals surface area contributed by atoms with E-state index in [0.29, 0.717) is 11.3 Å². The minimum Gasteiger partial charge on any atom is -0.481 e. The molecule has 0 aliphatic heterocycles. The number of carboxylic acid groups (broad SMARTS) is 1. The van der Waals surface area contributed by atoms with E-state index in [1.807, 2.05) is 33.8 Å². The fourth-order valence-corrected chi connectivity index (χ4v) is 3.54. The van der Waals surface area contributed by atoms with Gasteiger partial charge in [0.1, 0.15) is 4.83 Å². The first-order chi connectivity index (χ1) is 10.2. The maximum absolute atomic E-state index is 12.5. The van der Waals surface area contributed by atoms with Gasteiger partial charge in [-0.25, -0.2) is 4.98 Å². The van der Waals surface area contributed by atoms with Gasteiger partial charge in [-0.2, -0.15) is 0 Å². The second kappa shape index (κ2) is 6.04. The van der Waals surface area contributed by atoms with Crippen LogP contribution in [0.25, 0.3) is 10.2 Å². The molecule has 0 unspecified atom stereocenters. The number of thiophene rings is 1. The number of hydrogen-bond acceptors (Lipinski definition) is 4. The molecule has 2 N–H and O–H groups in total. The van der Waals surface area contributed by atoms with Crippen LogP contribution in [0, 0.1) is 13.8 Å². The molecule has 2 aromatic rings. The van der Waals surface area contributed by atoms with Crippen LogP contribution < -0.4 is 5.32 Å². The summed E-state index contributed by atoms with van der Waals surface area (Å²) in [6.07, 6.45) is 2.15. The molecule has 5 nitrogen and oxygen atoms in total. The molecule has 1 amide bonds. The minimum absolute atomic E-state index is 0.0271. The van der Waals surface area contributed by atoms with Crippen LogP contribution in [0.5, 0.6) is 0 Å². The van der Waals surface area contributed by atoms with Gasteiger partial charge >= 0.3 is 5.97 Å². The van der Waals surface area contributed by atoms with Crippen LogP contribution in [-0.2, 0) is 4.79 Å². The molecule has 2 aromatic heterocycles. The van der Waals surface area contributed by atoms with E-state index in [9.17, 15) is 9.59 Å². The highest BCUT2D eigenvalue weighted by Crippen LogP contribution is 2.31. The predicted octanol–water partition coefficient (Wildman–Crippen LogP) is 3.29. The van der Waals surface area contributed by atoms with E-state index in [-0.39, 0.29) is 12.3 Å². The van der Waals surface area contributed by atoms with Crippen molar-refractivity contribution < 1.29 is 14.7 Å². The summed E-state index contributed by atoms with van der Waals surface area (Å²) in [6, 6.07) is 1.93. The SMILES string of the molecule is Cc1ccnc2sc(C(=O)NC(C)(C)CCC(=O)O)c(C)c12. The van der Waals surface area contributed by atoms with Gasteiger partial charge in [-0.15, -0.1) is 11.3 Å². The summed E-state index contributed by atoms with van der Waals surface area (Å²) in [7, 11) is 0. The molecule has 0 aliphatic carbocycles. The second-order valence-electron chi connectivity index (χ2n) is 6.10. The highest BCUT2D eigenvalue weighted by Gasteiger charge is 2.25. The van der Waals surface area contributed by atoms with Gasteiger partial charge in [0.25, 0.3) is 5.91 Å². The fraction of sp³-hybridized carbons (Fsp3) is 0.438. The molecule has 0 fully saturated rings. The summed E-state index contributed by atoms with van der Waals surface area (Å²) in [5.74, 6) is -1.03. The first-order valence-corrected chi connectivity index (χ1v) is 7.92. The predicted molar refractivity (Wildman–Crippen MR) is 87.5 cm³/mol. The quantitative estimate of drug-likeness (QED) is 0.886. The number of fused-ring (bicyclic) bond motifs is 1. The Bertz CT molecular complexity index is 734. The summed E-state index contributed by atoms with van der Waals surface area (Å²) >= 11 is 1.37. The highest BCUT2D eigenvalue weighted by atomic mass is 32.1. The summed E-state index contributed by atoms with van der Waals surface area (Å²) in [6.45, 7) is 7.59. The van der Waals surface area contributed by atoms with E-state index in [0.717, 1.165) is 21.3 Å². The molecule has 0 bridgehead atoms. The van der Waals surface area contributed by atoms with Gasteiger partial charge in [-0.05, 0) is 51.3 Å². The Kier molecular flexibility index (Phi) is 4.51. The van der Waals surface area contributed by atoms with Crippen LogP contribution in [0.1, 0.15) is 47.5 Å². The maximum Gasteiger partial charge on any atom is 0.303 e. The van der Waals surface area contributed by atoms with Crippen molar-refractivity contribution in [2.45, 2.75) is 46.1 Å². The van der Waals surface area contributed by atoms with E-state index in [4.69, 9.17) is 5.11 Å². The average molecular weight is 320 g/mol. The third kappa shape index (κ3) is 3.44. The van der Waals surface area contributed by atoms with Crippen LogP contribution in [0.3, 0.4) is 0 Å². The lowest BCUT2D eigenvalue weighted by Crippen LogP contribution is -2.43. The summed E-state index contributed by atoms with van der Waals surface area (Å²) in [5.41, 5.74) is 1.46. The smallest absolute Gasteiger partial charge is 0.303 e. The molecule has 0 atom stereocenters. The van der Waals surface area contributed by atoms with Crippen molar-refractivity contribution in [2.24, 2.45) is 0 Å². The van der Waals surface area contributed by atoms with Crippen molar-refractivity contribution in [3.63, 3.8) is 0 Å². The molecule has 0 aliphatic rings. The Balaban J connectivity index is 2.25.